The van der Waals surface area contributed by atoms with Crippen LogP contribution in [0, 0.1) is 5.21 Å². The average Bonchev–Trinajstić information content (AvgIpc) is 3.10. The first-order chi connectivity index (χ1) is 12.3. The summed E-state index contributed by atoms with van der Waals surface area (Å²) in [6.45, 7) is 6.60. The molecule has 2 aliphatic heterocycles. The van der Waals surface area contributed by atoms with E-state index in [-0.39, 0.29) is 6.17 Å². The van der Waals surface area contributed by atoms with E-state index in [1.165, 1.54) is 11.3 Å². The Balaban J connectivity index is 1.31. The number of anilines is 1. The molecule has 1 N–H and O–H groups in total. The van der Waals surface area contributed by atoms with Gasteiger partial charge in [-0.05, 0) is 29.8 Å². The first-order valence-corrected chi connectivity index (χ1v) is 9.08. The average molecular weight is 337 g/mol. The standard InChI is InChI=1S/C20H25N4O/c25-24-11-10-21-20(24)18-8-6-17(7-9-18)16-22-12-14-23(15-13-22)19-4-2-1-3-5-19/h1-9,20-21H,10-16H2/q-1. The second-order valence-corrected chi connectivity index (χ2v) is 6.84. The maximum atomic E-state index is 11.8. The maximum Gasteiger partial charge on any atom is 0.0746 e. The second-order valence-electron chi connectivity index (χ2n) is 6.84. The van der Waals surface area contributed by atoms with Gasteiger partial charge in [-0.2, -0.15) is 0 Å². The van der Waals surface area contributed by atoms with Gasteiger partial charge in [0, 0.05) is 45.0 Å². The fourth-order valence-corrected chi connectivity index (χ4v) is 3.69. The predicted molar refractivity (Wildman–Crippen MR) is 101 cm³/mol. The quantitative estimate of drug-likeness (QED) is 0.928. The molecule has 2 aromatic carbocycles. The summed E-state index contributed by atoms with van der Waals surface area (Å²) in [5.74, 6) is 0. The minimum absolute atomic E-state index is 0.177. The molecule has 5 nitrogen and oxygen atoms in total. The summed E-state index contributed by atoms with van der Waals surface area (Å²) in [7, 11) is 0. The van der Waals surface area contributed by atoms with Crippen LogP contribution in [-0.2, 0) is 6.54 Å². The van der Waals surface area contributed by atoms with Crippen LogP contribution in [-0.4, -0.2) is 49.2 Å². The third-order valence-corrected chi connectivity index (χ3v) is 5.15. The number of hydrogen-bond donors (Lipinski definition) is 1. The molecule has 0 radical (unpaired) electrons. The Hall–Kier alpha value is -1.92. The summed E-state index contributed by atoms with van der Waals surface area (Å²) < 4.78 is 0. The normalized spacial score (nSPS) is 22.4. The highest BCUT2D eigenvalue weighted by Crippen LogP contribution is 2.22. The van der Waals surface area contributed by atoms with Crippen LogP contribution in [0.4, 0.5) is 5.69 Å². The molecule has 0 aromatic heterocycles. The summed E-state index contributed by atoms with van der Waals surface area (Å²) >= 11 is 0. The van der Waals surface area contributed by atoms with E-state index in [1.807, 2.05) is 0 Å². The Labute approximate surface area is 149 Å². The summed E-state index contributed by atoms with van der Waals surface area (Å²) in [6, 6.07) is 19.1. The molecule has 2 heterocycles. The van der Waals surface area contributed by atoms with Crippen molar-refractivity contribution in [3.05, 3.63) is 70.9 Å². The van der Waals surface area contributed by atoms with E-state index < -0.39 is 0 Å². The van der Waals surface area contributed by atoms with Crippen molar-refractivity contribution in [1.82, 2.24) is 15.3 Å². The molecule has 1 unspecified atom stereocenters. The van der Waals surface area contributed by atoms with Crippen LogP contribution in [0.1, 0.15) is 17.3 Å². The van der Waals surface area contributed by atoms with Gasteiger partial charge in [0.1, 0.15) is 0 Å². The first kappa shape index (κ1) is 16.5. The van der Waals surface area contributed by atoms with Crippen molar-refractivity contribution in [3.63, 3.8) is 0 Å². The number of benzene rings is 2. The van der Waals surface area contributed by atoms with Crippen LogP contribution in [0.2, 0.25) is 0 Å². The van der Waals surface area contributed by atoms with Gasteiger partial charge >= 0.3 is 0 Å². The highest BCUT2D eigenvalue weighted by Gasteiger charge is 2.19. The number of nitrogens with zero attached hydrogens (tertiary/aromatic N) is 3. The Bertz CT molecular complexity index is 668. The molecule has 0 saturated carbocycles. The third kappa shape index (κ3) is 3.85. The first-order valence-electron chi connectivity index (χ1n) is 9.08. The largest absolute Gasteiger partial charge is 0.784 e. The van der Waals surface area contributed by atoms with E-state index in [0.29, 0.717) is 6.54 Å². The lowest BCUT2D eigenvalue weighted by Crippen LogP contribution is -2.45. The third-order valence-electron chi connectivity index (χ3n) is 5.15. The lowest BCUT2D eigenvalue weighted by molar-refractivity contribution is 0.250. The number of rotatable bonds is 4. The molecule has 2 saturated heterocycles. The Morgan fingerprint density at radius 2 is 1.60 bits per heavy atom. The number of hydrogen-bond acceptors (Lipinski definition) is 5. The van der Waals surface area contributed by atoms with Crippen molar-refractivity contribution < 1.29 is 0 Å². The maximum absolute atomic E-state index is 11.8. The second kappa shape index (κ2) is 7.54. The van der Waals surface area contributed by atoms with Crippen molar-refractivity contribution in [1.29, 1.82) is 0 Å². The van der Waals surface area contributed by atoms with E-state index in [0.717, 1.165) is 49.9 Å². The SMILES string of the molecule is [O-]N1CCNC1c1ccc(CN2CCN(c3ccccc3)CC2)cc1. The fraction of sp³-hybridized carbons (Fsp3) is 0.400. The number of nitrogens with one attached hydrogen (secondary N) is 1. The Kier molecular flexibility index (Phi) is 4.99. The van der Waals surface area contributed by atoms with Crippen LogP contribution >= 0.6 is 0 Å². The van der Waals surface area contributed by atoms with Gasteiger partial charge in [-0.25, -0.2) is 0 Å². The van der Waals surface area contributed by atoms with Gasteiger partial charge in [0.15, 0.2) is 0 Å². The van der Waals surface area contributed by atoms with Crippen molar-refractivity contribution in [2.75, 3.05) is 44.2 Å². The Morgan fingerprint density at radius 3 is 2.24 bits per heavy atom. The van der Waals surface area contributed by atoms with E-state index in [4.69, 9.17) is 0 Å². The molecule has 0 bridgehead atoms. The highest BCUT2D eigenvalue weighted by molar-refractivity contribution is 5.46. The fourth-order valence-electron chi connectivity index (χ4n) is 3.69. The lowest BCUT2D eigenvalue weighted by atomic mass is 10.1. The number of para-hydroxylation sites is 1. The summed E-state index contributed by atoms with van der Waals surface area (Å²) in [5.41, 5.74) is 3.69. The lowest BCUT2D eigenvalue weighted by Gasteiger charge is -2.36. The van der Waals surface area contributed by atoms with Crippen LogP contribution in [0.3, 0.4) is 0 Å². The topological polar surface area (TPSA) is 44.8 Å². The molecule has 132 valence electrons. The van der Waals surface area contributed by atoms with Gasteiger partial charge in [-0.3, -0.25) is 10.2 Å². The van der Waals surface area contributed by atoms with E-state index in [9.17, 15) is 5.21 Å². The molecule has 25 heavy (non-hydrogen) atoms. The molecule has 2 aliphatic rings. The molecule has 0 spiro atoms. The summed E-state index contributed by atoms with van der Waals surface area (Å²) in [6.07, 6.45) is -0.177. The van der Waals surface area contributed by atoms with Crippen molar-refractivity contribution in [3.8, 4) is 0 Å². The minimum atomic E-state index is -0.177. The number of piperazine rings is 1. The number of hydroxylamine groups is 2. The van der Waals surface area contributed by atoms with E-state index >= 15 is 0 Å². The molecule has 0 aliphatic carbocycles. The van der Waals surface area contributed by atoms with Gasteiger partial charge in [0.2, 0.25) is 0 Å². The van der Waals surface area contributed by atoms with Gasteiger partial charge in [0.25, 0.3) is 0 Å². The van der Waals surface area contributed by atoms with Crippen LogP contribution < -0.4 is 10.2 Å². The molecule has 4 rings (SSSR count). The van der Waals surface area contributed by atoms with Crippen molar-refractivity contribution in [2.45, 2.75) is 12.7 Å². The van der Waals surface area contributed by atoms with Crippen LogP contribution in [0.5, 0.6) is 0 Å². The van der Waals surface area contributed by atoms with Gasteiger partial charge in [-0.1, -0.05) is 42.5 Å². The Morgan fingerprint density at radius 1 is 0.880 bits per heavy atom. The molecule has 1 atom stereocenters. The zero-order chi connectivity index (χ0) is 17.1. The highest BCUT2D eigenvalue weighted by atomic mass is 16.5. The molecule has 2 aromatic rings. The van der Waals surface area contributed by atoms with E-state index in [1.54, 1.807) is 0 Å². The molecular weight excluding hydrogens is 312 g/mol. The van der Waals surface area contributed by atoms with Crippen LogP contribution in [0.15, 0.2) is 54.6 Å². The summed E-state index contributed by atoms with van der Waals surface area (Å²) in [5, 5.41) is 16.1. The van der Waals surface area contributed by atoms with Crippen molar-refractivity contribution >= 4 is 5.69 Å². The molecule has 0 amide bonds. The monoisotopic (exact) mass is 337 g/mol. The smallest absolute Gasteiger partial charge is 0.0746 e. The zero-order valence-corrected chi connectivity index (χ0v) is 14.5. The van der Waals surface area contributed by atoms with Gasteiger partial charge in [0.05, 0.1) is 6.17 Å². The minimum Gasteiger partial charge on any atom is -0.784 e. The molecular formula is C20H25N4O-. The molecule has 2 fully saturated rings. The van der Waals surface area contributed by atoms with Gasteiger partial charge in [-0.15, -0.1) is 0 Å². The predicted octanol–water partition coefficient (Wildman–Crippen LogP) is 2.41. The zero-order valence-electron chi connectivity index (χ0n) is 14.5. The van der Waals surface area contributed by atoms with Crippen molar-refractivity contribution in [2.24, 2.45) is 0 Å². The van der Waals surface area contributed by atoms with Crippen LogP contribution in [0.25, 0.3) is 0 Å². The van der Waals surface area contributed by atoms with Gasteiger partial charge < -0.3 is 15.2 Å². The summed E-state index contributed by atoms with van der Waals surface area (Å²) in [4.78, 5) is 4.95. The van der Waals surface area contributed by atoms with E-state index in [2.05, 4.69) is 69.7 Å². The molecule has 5 heteroatoms.